The SMILES string of the molecule is C1=C[CH]([Zr]([CH]2C=Cc3ccccc32)[SiH](c2ccccc2)c2ccccc2)c2ccccc21. The average molecular weight is 505 g/mol. The van der Waals surface area contributed by atoms with E-state index in [0.29, 0.717) is 7.25 Å². The summed E-state index contributed by atoms with van der Waals surface area (Å²) in [4.78, 5) is 0. The molecule has 0 heterocycles. The molecule has 4 aromatic carbocycles. The maximum atomic E-state index is 2.57. The standard InChI is InChI=1S/C12H11Si.2C9H7.Zr/c1-3-7-11(8-4-1)13-12-9-5-2-6-10-12;2*1-2-5-9-7-3-6-8(9)4-1;/h1-10,13H;2*1-7H;. The van der Waals surface area contributed by atoms with Gasteiger partial charge in [0.05, 0.1) is 0 Å². The number of benzene rings is 4. The molecule has 6 rings (SSSR count). The number of fused-ring (bicyclic) bond motifs is 2. The molecule has 0 fully saturated rings. The molecule has 2 aliphatic carbocycles. The Hall–Kier alpha value is -2.54. The Labute approximate surface area is 199 Å². The summed E-state index contributed by atoms with van der Waals surface area (Å²) in [6.07, 6.45) is 9.93. The summed E-state index contributed by atoms with van der Waals surface area (Å²) >= 11 is -2.22. The third-order valence-corrected chi connectivity index (χ3v) is 29.8. The molecule has 0 aromatic heterocycles. The van der Waals surface area contributed by atoms with E-state index in [0.717, 1.165) is 0 Å². The van der Waals surface area contributed by atoms with Gasteiger partial charge in [-0.25, -0.2) is 0 Å². The normalized spacial score (nSPS) is 18.0. The van der Waals surface area contributed by atoms with Crippen LogP contribution in [-0.2, 0) is 20.9 Å². The Morgan fingerprint density at radius 2 is 0.875 bits per heavy atom. The third kappa shape index (κ3) is 3.56. The summed E-state index contributed by atoms with van der Waals surface area (Å²) in [7, 11) is 0. The van der Waals surface area contributed by atoms with E-state index < -0.39 is 26.8 Å². The van der Waals surface area contributed by atoms with E-state index in [-0.39, 0.29) is 0 Å². The fourth-order valence-corrected chi connectivity index (χ4v) is 31.4. The zero-order valence-electron chi connectivity index (χ0n) is 17.9. The second-order valence-electron chi connectivity index (χ2n) is 8.69. The molecule has 0 spiro atoms. The van der Waals surface area contributed by atoms with Crippen LogP contribution in [-0.4, -0.2) is 5.92 Å². The zero-order valence-corrected chi connectivity index (χ0v) is 21.5. The van der Waals surface area contributed by atoms with Gasteiger partial charge in [-0.05, 0) is 0 Å². The predicted octanol–water partition coefficient (Wildman–Crippen LogP) is 5.68. The minimum absolute atomic E-state index is 0.617. The Morgan fingerprint density at radius 1 is 0.469 bits per heavy atom. The first kappa shape index (κ1) is 20.1. The van der Waals surface area contributed by atoms with Crippen molar-refractivity contribution in [3.05, 3.63) is 144 Å². The van der Waals surface area contributed by atoms with Crippen molar-refractivity contribution in [2.45, 2.75) is 7.25 Å². The van der Waals surface area contributed by atoms with Crippen molar-refractivity contribution in [3.63, 3.8) is 0 Å². The van der Waals surface area contributed by atoms with E-state index in [1.54, 1.807) is 21.5 Å². The molecule has 0 bridgehead atoms. The summed E-state index contributed by atoms with van der Waals surface area (Å²) in [5.74, 6) is -1.40. The van der Waals surface area contributed by atoms with Crippen molar-refractivity contribution in [3.8, 4) is 0 Å². The molecular weight excluding hydrogens is 480 g/mol. The van der Waals surface area contributed by atoms with Crippen LogP contribution in [0.1, 0.15) is 29.5 Å². The van der Waals surface area contributed by atoms with Gasteiger partial charge in [0.1, 0.15) is 0 Å². The van der Waals surface area contributed by atoms with Crippen LogP contribution in [0.3, 0.4) is 0 Å². The van der Waals surface area contributed by atoms with Gasteiger partial charge in [0.25, 0.3) is 0 Å². The van der Waals surface area contributed by atoms with Crippen molar-refractivity contribution in [2.75, 3.05) is 0 Å². The van der Waals surface area contributed by atoms with Gasteiger partial charge in [-0.15, -0.1) is 0 Å². The molecule has 0 amide bonds. The van der Waals surface area contributed by atoms with E-state index in [9.17, 15) is 0 Å². The van der Waals surface area contributed by atoms with E-state index >= 15 is 0 Å². The van der Waals surface area contributed by atoms with Crippen molar-refractivity contribution >= 4 is 28.4 Å². The summed E-state index contributed by atoms with van der Waals surface area (Å²) in [6.45, 7) is 0. The molecule has 0 saturated heterocycles. The summed E-state index contributed by atoms with van der Waals surface area (Å²) in [6, 6.07) is 41.2. The van der Waals surface area contributed by atoms with Gasteiger partial charge in [0.2, 0.25) is 0 Å². The quantitative estimate of drug-likeness (QED) is 0.307. The van der Waals surface area contributed by atoms with Crippen molar-refractivity contribution in [1.82, 2.24) is 0 Å². The van der Waals surface area contributed by atoms with E-state index in [1.165, 1.54) is 11.1 Å². The topological polar surface area (TPSA) is 0 Å². The molecule has 2 unspecified atom stereocenters. The zero-order chi connectivity index (χ0) is 21.3. The van der Waals surface area contributed by atoms with Crippen LogP contribution in [0.2, 0.25) is 0 Å². The van der Waals surface area contributed by atoms with Gasteiger partial charge < -0.3 is 0 Å². The molecule has 4 aromatic rings. The fraction of sp³-hybridized carbons (Fsp3) is 0.0667. The fourth-order valence-electron chi connectivity index (χ4n) is 5.50. The summed E-state index contributed by atoms with van der Waals surface area (Å²) in [5.41, 5.74) is 6.01. The first-order valence-corrected chi connectivity index (χ1v) is 20.2. The molecule has 0 aliphatic heterocycles. The first-order valence-electron chi connectivity index (χ1n) is 11.4. The van der Waals surface area contributed by atoms with Crippen LogP contribution in [0.25, 0.3) is 12.2 Å². The number of hydrogen-bond donors (Lipinski definition) is 0. The van der Waals surface area contributed by atoms with Gasteiger partial charge in [0.15, 0.2) is 0 Å². The molecular formula is C30H25SiZr. The van der Waals surface area contributed by atoms with Crippen LogP contribution in [0.4, 0.5) is 0 Å². The number of allylic oxidation sites excluding steroid dienone is 2. The second-order valence-corrected chi connectivity index (χ2v) is 24.6. The van der Waals surface area contributed by atoms with E-state index in [2.05, 4.69) is 133 Å². The van der Waals surface area contributed by atoms with Crippen LogP contribution in [0, 0.1) is 0 Å². The molecule has 0 nitrogen and oxygen atoms in total. The first-order chi connectivity index (χ1) is 15.9. The van der Waals surface area contributed by atoms with Gasteiger partial charge in [0, 0.05) is 0 Å². The molecule has 2 aliphatic rings. The van der Waals surface area contributed by atoms with Gasteiger partial charge >= 0.3 is 200 Å². The van der Waals surface area contributed by atoms with Crippen LogP contribution >= 0.6 is 0 Å². The van der Waals surface area contributed by atoms with Gasteiger partial charge in [-0.2, -0.15) is 0 Å². The maximum absolute atomic E-state index is 2.57. The third-order valence-electron chi connectivity index (χ3n) is 6.92. The van der Waals surface area contributed by atoms with Crippen LogP contribution in [0.5, 0.6) is 0 Å². The summed E-state index contributed by atoms with van der Waals surface area (Å²) in [5, 5.41) is 3.23. The number of hydrogen-bond acceptors (Lipinski definition) is 0. The van der Waals surface area contributed by atoms with Gasteiger partial charge in [-0.3, -0.25) is 0 Å². The predicted molar refractivity (Wildman–Crippen MR) is 136 cm³/mol. The number of rotatable bonds is 5. The molecule has 153 valence electrons. The Morgan fingerprint density at radius 3 is 1.34 bits per heavy atom. The van der Waals surface area contributed by atoms with E-state index in [1.807, 2.05) is 0 Å². The minimum atomic E-state index is -2.22. The van der Waals surface area contributed by atoms with Crippen molar-refractivity contribution < 1.29 is 20.9 Å². The van der Waals surface area contributed by atoms with Crippen molar-refractivity contribution in [2.24, 2.45) is 0 Å². The Kier molecular flexibility index (Phi) is 5.51. The summed E-state index contributed by atoms with van der Waals surface area (Å²) < 4.78 is 1.23. The van der Waals surface area contributed by atoms with Crippen molar-refractivity contribution in [1.29, 1.82) is 0 Å². The molecule has 0 radical (unpaired) electrons. The molecule has 0 N–H and O–H groups in total. The Balaban J connectivity index is 1.57. The Bertz CT molecular complexity index is 1190. The molecule has 2 heteroatoms. The van der Waals surface area contributed by atoms with Crippen LogP contribution < -0.4 is 10.4 Å². The second kappa shape index (κ2) is 8.77. The van der Waals surface area contributed by atoms with Gasteiger partial charge in [-0.1, -0.05) is 0 Å². The molecule has 0 saturated carbocycles. The van der Waals surface area contributed by atoms with Crippen LogP contribution in [0.15, 0.2) is 121 Å². The van der Waals surface area contributed by atoms with E-state index in [4.69, 9.17) is 0 Å². The average Bonchev–Trinajstić information content (AvgIpc) is 3.48. The monoisotopic (exact) mass is 503 g/mol. The molecule has 2 atom stereocenters. The molecule has 32 heavy (non-hydrogen) atoms.